The van der Waals surface area contributed by atoms with Gasteiger partial charge in [-0.1, -0.05) is 60.7 Å². The third-order valence-electron chi connectivity index (χ3n) is 7.71. The molecular formula is C31H19BN4O. The zero-order chi connectivity index (χ0) is 24.1. The van der Waals surface area contributed by atoms with Crippen LogP contribution in [0.2, 0.25) is 0 Å². The van der Waals surface area contributed by atoms with Gasteiger partial charge in [0, 0.05) is 27.7 Å². The second kappa shape index (κ2) is 6.83. The van der Waals surface area contributed by atoms with Gasteiger partial charge in [-0.15, -0.1) is 0 Å². The average Bonchev–Trinajstić information content (AvgIpc) is 3.63. The van der Waals surface area contributed by atoms with E-state index < -0.39 is 0 Å². The van der Waals surface area contributed by atoms with Crippen LogP contribution in [0, 0.1) is 0 Å². The van der Waals surface area contributed by atoms with E-state index in [-0.39, 0.29) is 7.19 Å². The first kappa shape index (κ1) is 19.3. The Morgan fingerprint density at radius 3 is 2.11 bits per heavy atom. The molecule has 9 rings (SSSR count). The Labute approximate surface area is 212 Å². The number of anilines is 2. The maximum absolute atomic E-state index is 6.52. The van der Waals surface area contributed by atoms with Crippen molar-refractivity contribution in [2.75, 3.05) is 4.81 Å². The number of imidazole rings is 1. The maximum Gasteiger partial charge on any atom is 0.629 e. The molecule has 5 aromatic carbocycles. The summed E-state index contributed by atoms with van der Waals surface area (Å²) in [7, 11) is -0.314. The van der Waals surface area contributed by atoms with Crippen LogP contribution in [0.15, 0.2) is 115 Å². The van der Waals surface area contributed by atoms with E-state index >= 15 is 0 Å². The molecule has 4 heterocycles. The van der Waals surface area contributed by atoms with Crippen LogP contribution in [0.25, 0.3) is 49.9 Å². The lowest BCUT2D eigenvalue weighted by molar-refractivity contribution is 0.578. The van der Waals surface area contributed by atoms with Crippen molar-refractivity contribution in [2.24, 2.45) is 0 Å². The van der Waals surface area contributed by atoms with Gasteiger partial charge in [-0.2, -0.15) is 0 Å². The van der Waals surface area contributed by atoms with Gasteiger partial charge in [0.05, 0.1) is 27.8 Å². The number of hydrogen-bond acceptors (Lipinski definition) is 3. The minimum Gasteiger partial charge on any atom is -0.521 e. The molecule has 0 fully saturated rings. The topological polar surface area (TPSA) is 35.2 Å². The molecule has 5 nitrogen and oxygen atoms in total. The van der Waals surface area contributed by atoms with Crippen molar-refractivity contribution in [3.8, 4) is 22.8 Å². The maximum atomic E-state index is 6.52. The van der Waals surface area contributed by atoms with Gasteiger partial charge in [-0.25, -0.2) is 4.98 Å². The minimum absolute atomic E-state index is 0.314. The van der Waals surface area contributed by atoms with Crippen molar-refractivity contribution in [3.05, 3.63) is 115 Å². The largest absolute Gasteiger partial charge is 0.629 e. The molecule has 0 N–H and O–H groups in total. The predicted octanol–water partition coefficient (Wildman–Crippen LogP) is 7.18. The number of hydrogen-bond donors (Lipinski definition) is 0. The summed E-state index contributed by atoms with van der Waals surface area (Å²) in [5.74, 6) is 1.81. The Morgan fingerprint density at radius 1 is 0.622 bits per heavy atom. The Balaban J connectivity index is 1.37. The summed E-state index contributed by atoms with van der Waals surface area (Å²) in [6, 6.07) is 40.5. The molecule has 0 radical (unpaired) electrons. The molecule has 0 spiro atoms. The van der Waals surface area contributed by atoms with Crippen molar-refractivity contribution in [1.29, 1.82) is 0 Å². The summed E-state index contributed by atoms with van der Waals surface area (Å²) in [4.78, 5) is 7.41. The first-order valence-electron chi connectivity index (χ1n) is 12.5. The number of nitrogens with zero attached hydrogens (tertiary/aromatic N) is 4. The molecule has 37 heavy (non-hydrogen) atoms. The summed E-state index contributed by atoms with van der Waals surface area (Å²) in [5, 5.41) is 2.51. The summed E-state index contributed by atoms with van der Waals surface area (Å²) >= 11 is 0. The van der Waals surface area contributed by atoms with E-state index in [1.165, 1.54) is 21.8 Å². The Kier molecular flexibility index (Phi) is 3.55. The van der Waals surface area contributed by atoms with Gasteiger partial charge < -0.3 is 18.5 Å². The lowest BCUT2D eigenvalue weighted by Gasteiger charge is -2.30. The van der Waals surface area contributed by atoms with E-state index in [2.05, 4.69) is 111 Å². The monoisotopic (exact) mass is 474 g/mol. The molecule has 0 amide bonds. The summed E-state index contributed by atoms with van der Waals surface area (Å²) in [6.07, 6.45) is 0. The van der Waals surface area contributed by atoms with Gasteiger partial charge in [0.25, 0.3) is 0 Å². The van der Waals surface area contributed by atoms with Crippen molar-refractivity contribution in [3.63, 3.8) is 0 Å². The second-order valence-electron chi connectivity index (χ2n) is 9.65. The van der Waals surface area contributed by atoms with Gasteiger partial charge in [-0.3, -0.25) is 0 Å². The Morgan fingerprint density at radius 2 is 1.30 bits per heavy atom. The highest BCUT2D eigenvalue weighted by atomic mass is 16.5. The highest BCUT2D eigenvalue weighted by molar-refractivity contribution is 6.62. The quantitative estimate of drug-likeness (QED) is 0.237. The van der Waals surface area contributed by atoms with Crippen LogP contribution in [0.5, 0.6) is 5.75 Å². The van der Waals surface area contributed by atoms with Crippen LogP contribution in [0.4, 0.5) is 11.4 Å². The summed E-state index contributed by atoms with van der Waals surface area (Å²) in [5.41, 5.74) is 8.79. The summed E-state index contributed by atoms with van der Waals surface area (Å²) < 4.78 is 11.1. The van der Waals surface area contributed by atoms with Crippen LogP contribution < -0.4 is 9.47 Å². The van der Waals surface area contributed by atoms with Crippen LogP contribution >= 0.6 is 0 Å². The normalized spacial score (nSPS) is 13.5. The molecule has 6 heteroatoms. The van der Waals surface area contributed by atoms with E-state index in [4.69, 9.17) is 9.64 Å². The molecule has 2 aromatic heterocycles. The fourth-order valence-corrected chi connectivity index (χ4v) is 6.17. The van der Waals surface area contributed by atoms with Gasteiger partial charge in [0.15, 0.2) is 0 Å². The summed E-state index contributed by atoms with van der Waals surface area (Å²) in [6.45, 7) is 0. The highest BCUT2D eigenvalue weighted by Crippen LogP contribution is 2.49. The van der Waals surface area contributed by atoms with Gasteiger partial charge in [0.2, 0.25) is 0 Å². The highest BCUT2D eigenvalue weighted by Gasteiger charge is 2.47. The molecule has 0 saturated heterocycles. The third kappa shape index (κ3) is 2.42. The van der Waals surface area contributed by atoms with Crippen LogP contribution in [0.3, 0.4) is 0 Å². The van der Waals surface area contributed by atoms with E-state index in [0.29, 0.717) is 0 Å². The molecule has 0 saturated carbocycles. The fraction of sp³-hybridized carbons (Fsp3) is 0. The number of aromatic nitrogens is 3. The van der Waals surface area contributed by atoms with Gasteiger partial charge in [-0.05, 0) is 54.6 Å². The molecule has 0 bridgehead atoms. The zero-order valence-electron chi connectivity index (χ0n) is 19.7. The van der Waals surface area contributed by atoms with E-state index in [1.807, 2.05) is 18.2 Å². The fourth-order valence-electron chi connectivity index (χ4n) is 6.17. The minimum atomic E-state index is -0.314. The lowest BCUT2D eigenvalue weighted by atomic mass is 9.89. The number of benzene rings is 5. The lowest BCUT2D eigenvalue weighted by Crippen LogP contribution is -2.46. The van der Waals surface area contributed by atoms with Gasteiger partial charge >= 0.3 is 7.19 Å². The van der Waals surface area contributed by atoms with Crippen LogP contribution in [-0.2, 0) is 0 Å². The van der Waals surface area contributed by atoms with E-state index in [0.717, 1.165) is 45.2 Å². The molecule has 2 aliphatic heterocycles. The molecule has 0 unspecified atom stereocenters. The van der Waals surface area contributed by atoms with Crippen molar-refractivity contribution in [1.82, 2.24) is 14.0 Å². The van der Waals surface area contributed by atoms with Crippen LogP contribution in [0.1, 0.15) is 0 Å². The Bertz CT molecular complexity index is 2000. The van der Waals surface area contributed by atoms with Gasteiger partial charge in [0.1, 0.15) is 11.6 Å². The van der Waals surface area contributed by atoms with Crippen molar-refractivity contribution < 1.29 is 4.65 Å². The predicted molar refractivity (Wildman–Crippen MR) is 150 cm³/mol. The molecule has 2 aliphatic rings. The zero-order valence-corrected chi connectivity index (χ0v) is 19.7. The molecule has 0 atom stereocenters. The first-order chi connectivity index (χ1) is 18.4. The smallest absolute Gasteiger partial charge is 0.521 e. The molecule has 172 valence electrons. The van der Waals surface area contributed by atoms with Crippen molar-refractivity contribution in [2.45, 2.75) is 0 Å². The standard InChI is InChI=1S/C31H19BN4O/c1-4-12-25-21(9-1)22-10-2-5-13-26(22)34(25)20-17-18-27-23(19-20)31-33-24-11-3-6-14-28(24)36(31)32-35(27)29-15-7-8-16-30(29)37-32/h1-19H. The third-order valence-corrected chi connectivity index (χ3v) is 7.71. The van der Waals surface area contributed by atoms with E-state index in [9.17, 15) is 0 Å². The van der Waals surface area contributed by atoms with E-state index in [1.54, 1.807) is 0 Å². The second-order valence-corrected chi connectivity index (χ2v) is 9.65. The number of rotatable bonds is 1. The SMILES string of the molecule is c1ccc2c(c1)OB1N2c2ccc(-n3c4ccccc4c4ccccc43)cc2-c2nc3ccccc3n21. The molecule has 7 aromatic rings. The van der Waals surface area contributed by atoms with Crippen LogP contribution in [-0.4, -0.2) is 21.2 Å². The first-order valence-corrected chi connectivity index (χ1v) is 12.5. The number of para-hydroxylation sites is 6. The average molecular weight is 474 g/mol. The molecular weight excluding hydrogens is 455 g/mol. The molecule has 0 aliphatic carbocycles. The number of fused-ring (bicyclic) bond motifs is 13. The Hall–Kier alpha value is -4.97. The van der Waals surface area contributed by atoms with Crippen molar-refractivity contribution >= 4 is 51.4 Å².